The van der Waals surface area contributed by atoms with Crippen molar-refractivity contribution in [2.24, 2.45) is 0 Å². The first kappa shape index (κ1) is 14.0. The Balaban J connectivity index is 1.83. The van der Waals surface area contributed by atoms with Crippen LogP contribution in [0.1, 0.15) is 40.9 Å². The summed E-state index contributed by atoms with van der Waals surface area (Å²) in [6.45, 7) is 9.59. The maximum Gasteiger partial charge on any atom is 0.186 e. The highest BCUT2D eigenvalue weighted by molar-refractivity contribution is 7.15. The summed E-state index contributed by atoms with van der Waals surface area (Å²) in [5.41, 5.74) is 2.66. The molecule has 1 aliphatic heterocycles. The lowest BCUT2D eigenvalue weighted by Gasteiger charge is -2.33. The van der Waals surface area contributed by atoms with Crippen LogP contribution in [-0.4, -0.2) is 18.1 Å². The molecule has 1 unspecified atom stereocenters. The van der Waals surface area contributed by atoms with Gasteiger partial charge in [0.15, 0.2) is 5.13 Å². The summed E-state index contributed by atoms with van der Waals surface area (Å²) >= 11 is 3.73. The molecule has 0 fully saturated rings. The van der Waals surface area contributed by atoms with Crippen molar-refractivity contribution in [1.29, 1.82) is 0 Å². The number of aryl methyl sites for hydroxylation is 1. The molecule has 3 nitrogen and oxygen atoms in total. The van der Waals surface area contributed by atoms with Gasteiger partial charge in [-0.1, -0.05) is 6.92 Å². The maximum absolute atomic E-state index is 4.80. The predicted molar refractivity (Wildman–Crippen MR) is 88.0 cm³/mol. The van der Waals surface area contributed by atoms with Crippen molar-refractivity contribution in [3.05, 3.63) is 32.5 Å². The zero-order chi connectivity index (χ0) is 14.1. The molecule has 108 valence electrons. The molecule has 0 saturated carbocycles. The van der Waals surface area contributed by atoms with Gasteiger partial charge in [-0.2, -0.15) is 0 Å². The lowest BCUT2D eigenvalue weighted by molar-refractivity contribution is 0.630. The van der Waals surface area contributed by atoms with E-state index in [4.69, 9.17) is 4.98 Å². The Bertz CT molecular complexity index is 588. The van der Waals surface area contributed by atoms with Gasteiger partial charge in [0.1, 0.15) is 0 Å². The molecule has 3 heterocycles. The van der Waals surface area contributed by atoms with Gasteiger partial charge in [-0.25, -0.2) is 4.98 Å². The largest absolute Gasteiger partial charge is 0.341 e. The third-order valence-electron chi connectivity index (χ3n) is 3.94. The molecule has 0 aliphatic carbocycles. The summed E-state index contributed by atoms with van der Waals surface area (Å²) in [4.78, 5) is 10.2. The molecule has 0 amide bonds. The Hall–Kier alpha value is -0.910. The predicted octanol–water partition coefficient (Wildman–Crippen LogP) is 3.75. The highest BCUT2D eigenvalue weighted by Gasteiger charge is 2.27. The molecule has 0 aromatic carbocycles. The molecule has 2 aromatic rings. The number of rotatable bonds is 4. The zero-order valence-corrected chi connectivity index (χ0v) is 13.9. The van der Waals surface area contributed by atoms with E-state index in [1.165, 1.54) is 21.3 Å². The molecule has 1 atom stereocenters. The van der Waals surface area contributed by atoms with Gasteiger partial charge < -0.3 is 10.2 Å². The summed E-state index contributed by atoms with van der Waals surface area (Å²) in [6, 6.07) is 2.72. The number of thiophene rings is 1. The van der Waals surface area contributed by atoms with E-state index in [1.807, 2.05) is 22.7 Å². The van der Waals surface area contributed by atoms with E-state index in [2.05, 4.69) is 42.4 Å². The second kappa shape index (κ2) is 5.84. The van der Waals surface area contributed by atoms with Gasteiger partial charge in [0, 0.05) is 22.8 Å². The number of anilines is 1. The van der Waals surface area contributed by atoms with Crippen molar-refractivity contribution in [3.8, 4) is 0 Å². The fourth-order valence-corrected chi connectivity index (χ4v) is 4.81. The van der Waals surface area contributed by atoms with Crippen molar-refractivity contribution >= 4 is 27.8 Å². The van der Waals surface area contributed by atoms with E-state index in [0.29, 0.717) is 6.04 Å². The molecule has 0 spiro atoms. The monoisotopic (exact) mass is 307 g/mol. The lowest BCUT2D eigenvalue weighted by atomic mass is 10.0. The highest BCUT2D eigenvalue weighted by atomic mass is 32.1. The van der Waals surface area contributed by atoms with Gasteiger partial charge in [0.05, 0.1) is 11.7 Å². The number of fused-ring (bicyclic) bond motifs is 1. The maximum atomic E-state index is 4.80. The third kappa shape index (κ3) is 2.50. The van der Waals surface area contributed by atoms with Crippen LogP contribution in [0.4, 0.5) is 5.13 Å². The highest BCUT2D eigenvalue weighted by Crippen LogP contribution is 2.38. The molecular weight excluding hydrogens is 286 g/mol. The normalized spacial score (nSPS) is 18.4. The van der Waals surface area contributed by atoms with Crippen LogP contribution in [0.3, 0.4) is 0 Å². The molecule has 2 aromatic heterocycles. The van der Waals surface area contributed by atoms with Crippen LogP contribution in [0.15, 0.2) is 11.4 Å². The third-order valence-corrected chi connectivity index (χ3v) is 6.13. The Morgan fingerprint density at radius 2 is 2.35 bits per heavy atom. The smallest absolute Gasteiger partial charge is 0.186 e. The average Bonchev–Trinajstić information content (AvgIpc) is 3.04. The van der Waals surface area contributed by atoms with Crippen LogP contribution in [0.2, 0.25) is 0 Å². The molecule has 1 aliphatic rings. The molecule has 3 rings (SSSR count). The standard InChI is InChI=1S/C15H21N3S2/c1-4-16-9-14-10(2)17-15(20-14)18-7-5-13-12(11(18)3)6-8-19-13/h6,8,11,16H,4-5,7,9H2,1-3H3. The number of aromatic nitrogens is 1. The van der Waals surface area contributed by atoms with Crippen LogP contribution in [0, 0.1) is 6.92 Å². The molecule has 0 bridgehead atoms. The van der Waals surface area contributed by atoms with Crippen LogP contribution >= 0.6 is 22.7 Å². The molecular formula is C15H21N3S2. The number of hydrogen-bond donors (Lipinski definition) is 1. The zero-order valence-electron chi connectivity index (χ0n) is 12.3. The Labute approximate surface area is 128 Å². The summed E-state index contributed by atoms with van der Waals surface area (Å²) in [5, 5.41) is 6.79. The average molecular weight is 307 g/mol. The van der Waals surface area contributed by atoms with Gasteiger partial charge in [0.2, 0.25) is 0 Å². The summed E-state index contributed by atoms with van der Waals surface area (Å²) < 4.78 is 0. The van der Waals surface area contributed by atoms with Gasteiger partial charge in [-0.3, -0.25) is 0 Å². The lowest BCUT2D eigenvalue weighted by Crippen LogP contribution is -2.32. The number of hydrogen-bond acceptors (Lipinski definition) is 5. The van der Waals surface area contributed by atoms with E-state index in [1.54, 1.807) is 4.88 Å². The first-order chi connectivity index (χ1) is 9.70. The molecule has 1 N–H and O–H groups in total. The SMILES string of the molecule is CCNCc1sc(N2CCc3sccc3C2C)nc1C. The van der Waals surface area contributed by atoms with E-state index < -0.39 is 0 Å². The number of thiazole rings is 1. The van der Waals surface area contributed by atoms with Crippen molar-refractivity contribution in [2.45, 2.75) is 39.8 Å². The van der Waals surface area contributed by atoms with Crippen LogP contribution in [0.5, 0.6) is 0 Å². The Morgan fingerprint density at radius 1 is 1.50 bits per heavy atom. The van der Waals surface area contributed by atoms with E-state index in [-0.39, 0.29) is 0 Å². The molecule has 5 heteroatoms. The fraction of sp³-hybridized carbons (Fsp3) is 0.533. The van der Waals surface area contributed by atoms with Crippen molar-refractivity contribution in [1.82, 2.24) is 10.3 Å². The minimum Gasteiger partial charge on any atom is -0.341 e. The van der Waals surface area contributed by atoms with Crippen molar-refractivity contribution in [3.63, 3.8) is 0 Å². The van der Waals surface area contributed by atoms with E-state index >= 15 is 0 Å². The Kier molecular flexibility index (Phi) is 4.10. The molecule has 0 saturated heterocycles. The van der Waals surface area contributed by atoms with Gasteiger partial charge in [0.25, 0.3) is 0 Å². The van der Waals surface area contributed by atoms with Crippen LogP contribution in [-0.2, 0) is 13.0 Å². The van der Waals surface area contributed by atoms with Gasteiger partial charge >= 0.3 is 0 Å². The van der Waals surface area contributed by atoms with Crippen LogP contribution < -0.4 is 10.2 Å². The number of nitrogens with zero attached hydrogens (tertiary/aromatic N) is 2. The second-order valence-corrected chi connectivity index (χ2v) is 7.27. The fourth-order valence-electron chi connectivity index (χ4n) is 2.71. The van der Waals surface area contributed by atoms with E-state index in [0.717, 1.165) is 26.1 Å². The van der Waals surface area contributed by atoms with Gasteiger partial charge in [-0.05, 0) is 43.8 Å². The Morgan fingerprint density at radius 3 is 3.15 bits per heavy atom. The van der Waals surface area contributed by atoms with E-state index in [9.17, 15) is 0 Å². The minimum atomic E-state index is 0.447. The summed E-state index contributed by atoms with van der Waals surface area (Å²) in [6.07, 6.45) is 1.15. The van der Waals surface area contributed by atoms with Crippen molar-refractivity contribution < 1.29 is 0 Å². The minimum absolute atomic E-state index is 0.447. The second-order valence-electron chi connectivity index (χ2n) is 5.20. The topological polar surface area (TPSA) is 28.2 Å². The van der Waals surface area contributed by atoms with Crippen LogP contribution in [0.25, 0.3) is 0 Å². The quantitative estimate of drug-likeness (QED) is 0.932. The first-order valence-corrected chi connectivity index (χ1v) is 8.90. The molecule has 20 heavy (non-hydrogen) atoms. The van der Waals surface area contributed by atoms with Crippen molar-refractivity contribution in [2.75, 3.05) is 18.0 Å². The van der Waals surface area contributed by atoms with Gasteiger partial charge in [-0.15, -0.1) is 22.7 Å². The first-order valence-electron chi connectivity index (χ1n) is 7.20. The number of nitrogens with one attached hydrogen (secondary N) is 1. The summed E-state index contributed by atoms with van der Waals surface area (Å²) in [7, 11) is 0. The summed E-state index contributed by atoms with van der Waals surface area (Å²) in [5.74, 6) is 0. The molecule has 0 radical (unpaired) electrons.